The van der Waals surface area contributed by atoms with Crippen LogP contribution in [-0.2, 0) is 16.6 Å². The van der Waals surface area contributed by atoms with E-state index in [9.17, 15) is 8.42 Å². The average Bonchev–Trinajstić information content (AvgIpc) is 2.75. The first-order valence-electron chi connectivity index (χ1n) is 5.58. The Morgan fingerprint density at radius 3 is 2.63 bits per heavy atom. The Labute approximate surface area is 115 Å². The number of anilines is 1. The van der Waals surface area contributed by atoms with Crippen molar-refractivity contribution in [2.24, 2.45) is 0 Å². The molecule has 1 aromatic heterocycles. The molecule has 0 radical (unpaired) electrons. The van der Waals surface area contributed by atoms with Crippen molar-refractivity contribution in [3.05, 3.63) is 34.8 Å². The molecule has 2 aromatic rings. The number of sulfonamides is 1. The molecule has 19 heavy (non-hydrogen) atoms. The van der Waals surface area contributed by atoms with Gasteiger partial charge in [-0.05, 0) is 25.6 Å². The van der Waals surface area contributed by atoms with Crippen molar-refractivity contribution in [3.8, 4) is 0 Å². The molecule has 0 aliphatic rings. The molecule has 0 fully saturated rings. The second kappa shape index (κ2) is 5.64. The Hall–Kier alpha value is -1.51. The van der Waals surface area contributed by atoms with Crippen LogP contribution in [-0.4, -0.2) is 25.7 Å². The largest absolute Gasteiger partial charge is 0.316 e. The van der Waals surface area contributed by atoms with Gasteiger partial charge >= 0.3 is 0 Å². The summed E-state index contributed by atoms with van der Waals surface area (Å²) >= 11 is 1.20. The highest BCUT2D eigenvalue weighted by Crippen LogP contribution is 2.21. The van der Waals surface area contributed by atoms with Gasteiger partial charge in [-0.15, -0.1) is 10.2 Å². The number of hydrogen-bond donors (Lipinski definition) is 2. The molecule has 1 heterocycles. The normalized spacial score (nSPS) is 11.5. The fraction of sp³-hybridized carbons (Fsp3) is 0.273. The van der Waals surface area contributed by atoms with Gasteiger partial charge in [-0.2, -0.15) is 0 Å². The van der Waals surface area contributed by atoms with E-state index < -0.39 is 10.0 Å². The summed E-state index contributed by atoms with van der Waals surface area (Å²) in [6.45, 7) is 2.25. The van der Waals surface area contributed by atoms with Crippen LogP contribution in [0.5, 0.6) is 0 Å². The van der Waals surface area contributed by atoms with Crippen LogP contribution in [0, 0.1) is 6.92 Å². The maximum atomic E-state index is 12.3. The molecule has 2 N–H and O–H groups in total. The summed E-state index contributed by atoms with van der Waals surface area (Å²) in [5.74, 6) is 0. The summed E-state index contributed by atoms with van der Waals surface area (Å²) in [5, 5.41) is 11.5. The molecule has 0 aliphatic carbocycles. The first kappa shape index (κ1) is 13.9. The van der Waals surface area contributed by atoms with Crippen LogP contribution in [0.1, 0.15) is 10.6 Å². The minimum Gasteiger partial charge on any atom is -0.316 e. The molecule has 0 bridgehead atoms. The van der Waals surface area contributed by atoms with Gasteiger partial charge in [0.1, 0.15) is 5.01 Å². The van der Waals surface area contributed by atoms with E-state index in [1.54, 1.807) is 38.2 Å². The number of rotatable bonds is 5. The second-order valence-corrected chi connectivity index (χ2v) is 6.70. The van der Waals surface area contributed by atoms with Crippen molar-refractivity contribution in [3.63, 3.8) is 0 Å². The molecule has 0 amide bonds. The third-order valence-corrected chi connectivity index (χ3v) is 4.70. The summed E-state index contributed by atoms with van der Waals surface area (Å²) in [7, 11) is -1.87. The molecule has 1 aromatic carbocycles. The standard InChI is InChI=1S/C11H14N4O2S2/c1-8-13-14-11(18-8)15-19(16,17)10-6-4-3-5-9(10)7-12-2/h3-6,12H,7H2,1-2H3,(H,14,15). The van der Waals surface area contributed by atoms with Crippen LogP contribution >= 0.6 is 11.3 Å². The predicted molar refractivity (Wildman–Crippen MR) is 74.7 cm³/mol. The Bertz CT molecular complexity index is 667. The molecule has 0 saturated heterocycles. The minimum absolute atomic E-state index is 0.247. The monoisotopic (exact) mass is 298 g/mol. The quantitative estimate of drug-likeness (QED) is 0.871. The average molecular weight is 298 g/mol. The van der Waals surface area contributed by atoms with E-state index in [4.69, 9.17) is 0 Å². The van der Waals surface area contributed by atoms with E-state index in [0.29, 0.717) is 17.1 Å². The van der Waals surface area contributed by atoms with Gasteiger partial charge in [0.25, 0.3) is 10.0 Å². The van der Waals surface area contributed by atoms with Crippen LogP contribution in [0.3, 0.4) is 0 Å². The van der Waals surface area contributed by atoms with Gasteiger partial charge in [0.05, 0.1) is 4.90 Å². The van der Waals surface area contributed by atoms with E-state index in [2.05, 4.69) is 20.2 Å². The fourth-order valence-corrected chi connectivity index (χ4v) is 3.67. The fourth-order valence-electron chi connectivity index (χ4n) is 1.61. The van der Waals surface area contributed by atoms with Gasteiger partial charge in [0.15, 0.2) is 0 Å². The van der Waals surface area contributed by atoms with E-state index in [-0.39, 0.29) is 10.0 Å². The number of hydrogen-bond acceptors (Lipinski definition) is 6. The Balaban J connectivity index is 2.34. The van der Waals surface area contributed by atoms with Crippen LogP contribution < -0.4 is 10.0 Å². The van der Waals surface area contributed by atoms with E-state index in [0.717, 1.165) is 0 Å². The first-order chi connectivity index (χ1) is 9.03. The second-order valence-electron chi connectivity index (χ2n) is 3.87. The first-order valence-corrected chi connectivity index (χ1v) is 7.88. The minimum atomic E-state index is -3.63. The maximum absolute atomic E-state index is 12.3. The topological polar surface area (TPSA) is 84.0 Å². The lowest BCUT2D eigenvalue weighted by Gasteiger charge is -2.10. The van der Waals surface area contributed by atoms with Gasteiger partial charge in [-0.25, -0.2) is 8.42 Å². The zero-order valence-electron chi connectivity index (χ0n) is 10.5. The Kier molecular flexibility index (Phi) is 4.13. The third kappa shape index (κ3) is 3.28. The van der Waals surface area contributed by atoms with Crippen molar-refractivity contribution in [1.29, 1.82) is 0 Å². The van der Waals surface area contributed by atoms with Gasteiger partial charge in [-0.1, -0.05) is 29.5 Å². The number of benzene rings is 1. The highest BCUT2D eigenvalue weighted by molar-refractivity contribution is 7.93. The lowest BCUT2D eigenvalue weighted by Crippen LogP contribution is -2.17. The van der Waals surface area contributed by atoms with Crippen molar-refractivity contribution in [1.82, 2.24) is 15.5 Å². The van der Waals surface area contributed by atoms with Gasteiger partial charge in [0.2, 0.25) is 5.13 Å². The number of aromatic nitrogens is 2. The third-order valence-electron chi connectivity index (χ3n) is 2.38. The summed E-state index contributed by atoms with van der Waals surface area (Å²) in [6, 6.07) is 6.85. The summed E-state index contributed by atoms with van der Waals surface area (Å²) in [4.78, 5) is 0.247. The molecule has 0 spiro atoms. The predicted octanol–water partition coefficient (Wildman–Crippen LogP) is 1.37. The Morgan fingerprint density at radius 1 is 1.26 bits per heavy atom. The molecular formula is C11H14N4O2S2. The zero-order valence-corrected chi connectivity index (χ0v) is 12.2. The van der Waals surface area contributed by atoms with Gasteiger partial charge in [0, 0.05) is 6.54 Å². The van der Waals surface area contributed by atoms with Crippen molar-refractivity contribution >= 4 is 26.5 Å². The van der Waals surface area contributed by atoms with Gasteiger partial charge < -0.3 is 5.32 Å². The summed E-state index contributed by atoms with van der Waals surface area (Å²) in [6.07, 6.45) is 0. The summed E-state index contributed by atoms with van der Waals surface area (Å²) in [5.41, 5.74) is 0.707. The lowest BCUT2D eigenvalue weighted by atomic mass is 10.2. The molecule has 0 aliphatic heterocycles. The van der Waals surface area contributed by atoms with Crippen LogP contribution in [0.25, 0.3) is 0 Å². The molecule has 6 nitrogen and oxygen atoms in total. The van der Waals surface area contributed by atoms with Crippen LogP contribution in [0.4, 0.5) is 5.13 Å². The molecule has 8 heteroatoms. The van der Waals surface area contributed by atoms with Crippen molar-refractivity contribution in [2.45, 2.75) is 18.4 Å². The van der Waals surface area contributed by atoms with Crippen LogP contribution in [0.2, 0.25) is 0 Å². The maximum Gasteiger partial charge on any atom is 0.264 e. The molecule has 0 saturated carbocycles. The van der Waals surface area contributed by atoms with Crippen molar-refractivity contribution < 1.29 is 8.42 Å². The van der Waals surface area contributed by atoms with Crippen LogP contribution in [0.15, 0.2) is 29.2 Å². The van der Waals surface area contributed by atoms with E-state index in [1.165, 1.54) is 11.3 Å². The molecular weight excluding hydrogens is 284 g/mol. The SMILES string of the molecule is CNCc1ccccc1S(=O)(=O)Nc1nnc(C)s1. The molecule has 102 valence electrons. The number of nitrogens with zero attached hydrogens (tertiary/aromatic N) is 2. The molecule has 0 atom stereocenters. The Morgan fingerprint density at radius 2 is 2.00 bits per heavy atom. The van der Waals surface area contributed by atoms with Crippen molar-refractivity contribution in [2.75, 3.05) is 11.8 Å². The lowest BCUT2D eigenvalue weighted by molar-refractivity contribution is 0.599. The highest BCUT2D eigenvalue weighted by atomic mass is 32.2. The highest BCUT2D eigenvalue weighted by Gasteiger charge is 2.19. The number of nitrogens with one attached hydrogen (secondary N) is 2. The number of aryl methyl sites for hydroxylation is 1. The smallest absolute Gasteiger partial charge is 0.264 e. The van der Waals surface area contributed by atoms with Gasteiger partial charge in [-0.3, -0.25) is 4.72 Å². The van der Waals surface area contributed by atoms with E-state index >= 15 is 0 Å². The molecule has 2 rings (SSSR count). The van der Waals surface area contributed by atoms with E-state index in [1.807, 2.05) is 0 Å². The summed E-state index contributed by atoms with van der Waals surface area (Å²) < 4.78 is 27.1. The molecule has 0 unspecified atom stereocenters. The zero-order chi connectivity index (χ0) is 13.9.